The normalized spacial score (nSPS) is 17.3. The molecule has 0 spiro atoms. The molecule has 1 atom stereocenters. The van der Waals surface area contributed by atoms with Crippen molar-refractivity contribution in [2.24, 2.45) is 5.92 Å². The predicted molar refractivity (Wildman–Crippen MR) is 86.9 cm³/mol. The number of carbonyl (C=O) groups is 1. The molecule has 1 amide bonds. The molecule has 7 heteroatoms. The van der Waals surface area contributed by atoms with Crippen LogP contribution in [-0.4, -0.2) is 41.7 Å². The van der Waals surface area contributed by atoms with Crippen LogP contribution >= 0.6 is 0 Å². The first-order valence-corrected chi connectivity index (χ1v) is 7.97. The standard InChI is InChI=1S/C17H18N6O/c24-17(15-4-1-2-5-18-15)22-11-14(12-23-8-3-6-20-23)10-21-9-7-19-16(21)13-22/h1-9,14H,10-13H2. The molecule has 0 radical (unpaired) electrons. The van der Waals surface area contributed by atoms with Crippen molar-refractivity contribution in [1.82, 2.24) is 29.2 Å². The van der Waals surface area contributed by atoms with Crippen molar-refractivity contribution in [2.75, 3.05) is 6.54 Å². The zero-order chi connectivity index (χ0) is 16.4. The van der Waals surface area contributed by atoms with E-state index in [9.17, 15) is 4.79 Å². The molecule has 0 N–H and O–H groups in total. The van der Waals surface area contributed by atoms with Crippen LogP contribution in [0.3, 0.4) is 0 Å². The fourth-order valence-corrected chi connectivity index (χ4v) is 3.14. The highest BCUT2D eigenvalue weighted by molar-refractivity contribution is 5.92. The number of imidazole rings is 1. The molecule has 122 valence electrons. The van der Waals surface area contributed by atoms with E-state index in [-0.39, 0.29) is 11.8 Å². The Bertz CT molecular complexity index is 811. The van der Waals surface area contributed by atoms with E-state index in [1.165, 1.54) is 0 Å². The molecule has 24 heavy (non-hydrogen) atoms. The van der Waals surface area contributed by atoms with E-state index in [1.807, 2.05) is 40.2 Å². The molecule has 0 saturated carbocycles. The number of rotatable bonds is 3. The Hall–Kier alpha value is -2.96. The largest absolute Gasteiger partial charge is 0.333 e. The fourth-order valence-electron chi connectivity index (χ4n) is 3.14. The van der Waals surface area contributed by atoms with Crippen molar-refractivity contribution >= 4 is 5.91 Å². The highest BCUT2D eigenvalue weighted by atomic mass is 16.2. The summed E-state index contributed by atoms with van der Waals surface area (Å²) in [4.78, 5) is 23.3. The van der Waals surface area contributed by atoms with E-state index < -0.39 is 0 Å². The van der Waals surface area contributed by atoms with Gasteiger partial charge in [-0.1, -0.05) is 6.07 Å². The van der Waals surface area contributed by atoms with E-state index >= 15 is 0 Å². The van der Waals surface area contributed by atoms with Crippen LogP contribution in [0.5, 0.6) is 0 Å². The van der Waals surface area contributed by atoms with Crippen LogP contribution in [-0.2, 0) is 19.6 Å². The second kappa shape index (κ2) is 6.27. The molecule has 0 aromatic carbocycles. The predicted octanol–water partition coefficient (Wildman–Crippen LogP) is 1.45. The molecule has 7 nitrogen and oxygen atoms in total. The summed E-state index contributed by atoms with van der Waals surface area (Å²) in [6, 6.07) is 7.31. The zero-order valence-corrected chi connectivity index (χ0v) is 13.2. The maximum absolute atomic E-state index is 12.8. The molecular formula is C17H18N6O. The Labute approximate surface area is 139 Å². The third-order valence-corrected chi connectivity index (χ3v) is 4.24. The van der Waals surface area contributed by atoms with Crippen molar-refractivity contribution in [3.63, 3.8) is 0 Å². The van der Waals surface area contributed by atoms with Crippen LogP contribution < -0.4 is 0 Å². The Balaban J connectivity index is 1.60. The van der Waals surface area contributed by atoms with Crippen LogP contribution in [0.1, 0.15) is 16.3 Å². The third-order valence-electron chi connectivity index (χ3n) is 4.24. The Morgan fingerprint density at radius 2 is 2.04 bits per heavy atom. The van der Waals surface area contributed by atoms with E-state index in [0.29, 0.717) is 18.8 Å². The topological polar surface area (TPSA) is 68.8 Å². The molecule has 3 aromatic heterocycles. The molecule has 4 heterocycles. The molecule has 3 aromatic rings. The average Bonchev–Trinajstić information content (AvgIpc) is 3.24. The number of pyridine rings is 1. The van der Waals surface area contributed by atoms with Gasteiger partial charge in [-0.2, -0.15) is 5.10 Å². The lowest BCUT2D eigenvalue weighted by molar-refractivity contribution is 0.0706. The maximum atomic E-state index is 12.8. The fraction of sp³-hybridized carbons (Fsp3) is 0.294. The van der Waals surface area contributed by atoms with Gasteiger partial charge in [0.1, 0.15) is 11.5 Å². The zero-order valence-electron chi connectivity index (χ0n) is 13.2. The summed E-state index contributed by atoms with van der Waals surface area (Å²) in [5, 5.41) is 4.29. The van der Waals surface area contributed by atoms with Crippen molar-refractivity contribution in [3.05, 3.63) is 66.8 Å². The number of aromatic nitrogens is 5. The van der Waals surface area contributed by atoms with E-state index in [1.54, 1.807) is 24.7 Å². The van der Waals surface area contributed by atoms with Crippen LogP contribution in [0.2, 0.25) is 0 Å². The Morgan fingerprint density at radius 3 is 2.83 bits per heavy atom. The summed E-state index contributed by atoms with van der Waals surface area (Å²) in [6.45, 7) is 2.73. The van der Waals surface area contributed by atoms with Crippen LogP contribution in [0.15, 0.2) is 55.2 Å². The van der Waals surface area contributed by atoms with Gasteiger partial charge in [0, 0.05) is 56.5 Å². The van der Waals surface area contributed by atoms with Gasteiger partial charge in [0.2, 0.25) is 0 Å². The Morgan fingerprint density at radius 1 is 1.08 bits per heavy atom. The SMILES string of the molecule is O=C(c1ccccn1)N1Cc2nccn2CC(Cn2cccn2)C1. The molecule has 0 bridgehead atoms. The minimum atomic E-state index is -0.0579. The van der Waals surface area contributed by atoms with Crippen molar-refractivity contribution in [1.29, 1.82) is 0 Å². The van der Waals surface area contributed by atoms with Gasteiger partial charge in [-0.15, -0.1) is 0 Å². The molecule has 0 fully saturated rings. The molecule has 1 aliphatic heterocycles. The van der Waals surface area contributed by atoms with E-state index in [4.69, 9.17) is 0 Å². The van der Waals surface area contributed by atoms with E-state index in [2.05, 4.69) is 19.6 Å². The third kappa shape index (κ3) is 2.92. The monoisotopic (exact) mass is 322 g/mol. The second-order valence-electron chi connectivity index (χ2n) is 5.99. The molecule has 1 unspecified atom stereocenters. The molecule has 1 aliphatic rings. The van der Waals surface area contributed by atoms with Gasteiger partial charge in [0.15, 0.2) is 0 Å². The first-order valence-electron chi connectivity index (χ1n) is 7.97. The highest BCUT2D eigenvalue weighted by Crippen LogP contribution is 2.18. The summed E-state index contributed by atoms with van der Waals surface area (Å²) >= 11 is 0. The van der Waals surface area contributed by atoms with Crippen molar-refractivity contribution in [2.45, 2.75) is 19.6 Å². The van der Waals surface area contributed by atoms with Gasteiger partial charge >= 0.3 is 0 Å². The molecular weight excluding hydrogens is 304 g/mol. The Kier molecular flexibility index (Phi) is 3.82. The first kappa shape index (κ1) is 14.6. The van der Waals surface area contributed by atoms with E-state index in [0.717, 1.165) is 18.9 Å². The number of nitrogens with zero attached hydrogens (tertiary/aromatic N) is 6. The van der Waals surface area contributed by atoms with Crippen LogP contribution in [0.25, 0.3) is 0 Å². The van der Waals surface area contributed by atoms with Gasteiger partial charge in [-0.05, 0) is 18.2 Å². The summed E-state index contributed by atoms with van der Waals surface area (Å²) in [7, 11) is 0. The minimum Gasteiger partial charge on any atom is -0.333 e. The van der Waals surface area contributed by atoms with Gasteiger partial charge in [0.25, 0.3) is 5.91 Å². The number of amides is 1. The minimum absolute atomic E-state index is 0.0579. The average molecular weight is 322 g/mol. The molecule has 4 rings (SSSR count). The van der Waals surface area contributed by atoms with Gasteiger partial charge in [0.05, 0.1) is 6.54 Å². The summed E-state index contributed by atoms with van der Waals surface area (Å²) in [5.74, 6) is 1.10. The van der Waals surface area contributed by atoms with Crippen molar-refractivity contribution < 1.29 is 4.79 Å². The molecule has 0 saturated heterocycles. The van der Waals surface area contributed by atoms with Gasteiger partial charge in [-0.3, -0.25) is 14.5 Å². The highest BCUT2D eigenvalue weighted by Gasteiger charge is 2.27. The van der Waals surface area contributed by atoms with Gasteiger partial charge in [-0.25, -0.2) is 4.98 Å². The summed E-state index contributed by atoms with van der Waals surface area (Å²) in [6.07, 6.45) is 9.13. The van der Waals surface area contributed by atoms with Crippen LogP contribution in [0, 0.1) is 5.92 Å². The summed E-state index contributed by atoms with van der Waals surface area (Å²) in [5.41, 5.74) is 0.468. The number of hydrogen-bond acceptors (Lipinski definition) is 4. The number of fused-ring (bicyclic) bond motifs is 1. The van der Waals surface area contributed by atoms with Gasteiger partial charge < -0.3 is 9.47 Å². The lowest BCUT2D eigenvalue weighted by Gasteiger charge is -2.23. The number of carbonyl (C=O) groups excluding carboxylic acids is 1. The summed E-state index contributed by atoms with van der Waals surface area (Å²) < 4.78 is 4.04. The first-order chi connectivity index (χ1) is 11.8. The van der Waals surface area contributed by atoms with Crippen LogP contribution in [0.4, 0.5) is 0 Å². The lowest BCUT2D eigenvalue weighted by Crippen LogP contribution is -2.35. The smallest absolute Gasteiger partial charge is 0.272 e. The number of hydrogen-bond donors (Lipinski definition) is 0. The lowest BCUT2D eigenvalue weighted by atomic mass is 10.1. The molecule has 0 aliphatic carbocycles. The second-order valence-corrected chi connectivity index (χ2v) is 5.99. The maximum Gasteiger partial charge on any atom is 0.272 e. The quantitative estimate of drug-likeness (QED) is 0.732. The van der Waals surface area contributed by atoms with Crippen molar-refractivity contribution in [3.8, 4) is 0 Å².